The highest BCUT2D eigenvalue weighted by Crippen LogP contribution is 2.49. The predicted octanol–water partition coefficient (Wildman–Crippen LogP) is 14.2. The predicted molar refractivity (Wildman–Crippen MR) is 210 cm³/mol. The van der Waals surface area contributed by atoms with Crippen molar-refractivity contribution in [3.8, 4) is 22.3 Å². The van der Waals surface area contributed by atoms with Gasteiger partial charge in [0.15, 0.2) is 0 Å². The molecule has 0 amide bonds. The van der Waals surface area contributed by atoms with Gasteiger partial charge in [-0.1, -0.05) is 84.9 Å². The number of para-hydroxylation sites is 1. The van der Waals surface area contributed by atoms with Gasteiger partial charge in [-0.05, 0) is 92.3 Å². The zero-order chi connectivity index (χ0) is 32.5. The van der Waals surface area contributed by atoms with Crippen LogP contribution in [0.1, 0.15) is 0 Å². The first-order chi connectivity index (χ1) is 24.8. The van der Waals surface area contributed by atoms with Crippen molar-refractivity contribution in [3.05, 3.63) is 146 Å². The third-order valence-corrected chi connectivity index (χ3v) is 11.6. The summed E-state index contributed by atoms with van der Waals surface area (Å²) in [6.07, 6.45) is 1.78. The summed E-state index contributed by atoms with van der Waals surface area (Å²) >= 11 is 1.83. The van der Waals surface area contributed by atoms with E-state index in [0.717, 1.165) is 60.4 Å². The van der Waals surface area contributed by atoms with Gasteiger partial charge in [0, 0.05) is 53.2 Å². The van der Waals surface area contributed by atoms with Gasteiger partial charge in [-0.25, -0.2) is 0 Å². The van der Waals surface area contributed by atoms with Crippen LogP contribution in [0.5, 0.6) is 0 Å². The van der Waals surface area contributed by atoms with Crippen molar-refractivity contribution in [1.82, 2.24) is 0 Å². The molecule has 4 heteroatoms. The number of thiophene rings is 1. The molecule has 0 atom stereocenters. The van der Waals surface area contributed by atoms with Crippen molar-refractivity contribution in [2.24, 2.45) is 0 Å². The number of benzene rings is 8. The first-order valence-corrected chi connectivity index (χ1v) is 17.6. The van der Waals surface area contributed by atoms with E-state index in [2.05, 4.69) is 121 Å². The third kappa shape index (κ3) is 3.53. The van der Waals surface area contributed by atoms with Crippen molar-refractivity contribution in [3.63, 3.8) is 0 Å². The lowest BCUT2D eigenvalue weighted by Crippen LogP contribution is -1.91. The molecule has 12 aromatic rings. The second-order valence-electron chi connectivity index (χ2n) is 13.2. The molecule has 0 aliphatic heterocycles. The lowest BCUT2D eigenvalue weighted by Gasteiger charge is -2.18. The molecule has 3 nitrogen and oxygen atoms in total. The van der Waals surface area contributed by atoms with E-state index in [1.54, 1.807) is 6.26 Å². The van der Waals surface area contributed by atoms with Gasteiger partial charge in [0.05, 0.1) is 6.26 Å². The average Bonchev–Trinajstić information content (AvgIpc) is 3.93. The Bertz CT molecular complexity index is 3330. The molecule has 232 valence electrons. The zero-order valence-electron chi connectivity index (χ0n) is 26.5. The van der Waals surface area contributed by atoms with E-state index in [1.165, 1.54) is 58.4 Å². The lowest BCUT2D eigenvalue weighted by molar-refractivity contribution is 0.616. The fraction of sp³-hybridized carbons (Fsp3) is 0. The highest BCUT2D eigenvalue weighted by Gasteiger charge is 2.21. The first-order valence-electron chi connectivity index (χ1n) is 16.8. The van der Waals surface area contributed by atoms with Gasteiger partial charge in [-0.2, -0.15) is 0 Å². The van der Waals surface area contributed by atoms with E-state index in [-0.39, 0.29) is 0 Å². The summed E-state index contributed by atoms with van der Waals surface area (Å²) in [6.45, 7) is 0. The smallest absolute Gasteiger partial charge is 0.139 e. The Balaban J connectivity index is 1.13. The van der Waals surface area contributed by atoms with Crippen LogP contribution in [-0.4, -0.2) is 0 Å². The molecule has 0 aliphatic carbocycles. The van der Waals surface area contributed by atoms with Gasteiger partial charge in [-0.15, -0.1) is 11.3 Å². The summed E-state index contributed by atoms with van der Waals surface area (Å²) in [5, 5.41) is 13.0. The molecule has 12 rings (SSSR count). The van der Waals surface area contributed by atoms with E-state index < -0.39 is 0 Å². The Hall–Kier alpha value is -6.36. The zero-order valence-corrected chi connectivity index (χ0v) is 27.3. The SMILES string of the molecule is c1ccc2c(c1)oc1cc3oc4cc(-c5c6ccccc6c(-c6cccc7sc8cc9occc9cc8c67)c6ccccc56)ccc4c3cc12. The molecule has 8 aromatic carbocycles. The highest BCUT2D eigenvalue weighted by molar-refractivity contribution is 7.26. The molecule has 0 unspecified atom stereocenters. The van der Waals surface area contributed by atoms with E-state index >= 15 is 0 Å². The Morgan fingerprint density at radius 2 is 1.04 bits per heavy atom. The second-order valence-corrected chi connectivity index (χ2v) is 14.3. The van der Waals surface area contributed by atoms with Crippen LogP contribution < -0.4 is 0 Å². The lowest BCUT2D eigenvalue weighted by atomic mass is 9.85. The van der Waals surface area contributed by atoms with Crippen LogP contribution in [0.3, 0.4) is 0 Å². The van der Waals surface area contributed by atoms with Crippen LogP contribution in [0, 0.1) is 0 Å². The maximum atomic E-state index is 6.58. The molecule has 0 N–H and O–H groups in total. The summed E-state index contributed by atoms with van der Waals surface area (Å²) in [6, 6.07) is 50.1. The van der Waals surface area contributed by atoms with Crippen molar-refractivity contribution in [2.45, 2.75) is 0 Å². The van der Waals surface area contributed by atoms with Crippen molar-refractivity contribution in [2.75, 3.05) is 0 Å². The molecule has 0 saturated heterocycles. The summed E-state index contributed by atoms with van der Waals surface area (Å²) < 4.78 is 21.1. The third-order valence-electron chi connectivity index (χ3n) is 10.5. The number of fused-ring (bicyclic) bond motifs is 12. The molecule has 50 heavy (non-hydrogen) atoms. The van der Waals surface area contributed by atoms with Crippen LogP contribution in [-0.2, 0) is 0 Å². The maximum absolute atomic E-state index is 6.58. The fourth-order valence-electron chi connectivity index (χ4n) is 8.37. The van der Waals surface area contributed by atoms with E-state index in [0.29, 0.717) is 0 Å². The van der Waals surface area contributed by atoms with Gasteiger partial charge < -0.3 is 13.3 Å². The molecule has 0 fully saturated rings. The van der Waals surface area contributed by atoms with Gasteiger partial charge in [-0.3, -0.25) is 0 Å². The summed E-state index contributed by atoms with van der Waals surface area (Å²) in [7, 11) is 0. The van der Waals surface area contributed by atoms with Crippen molar-refractivity contribution >= 4 is 108 Å². The quantitative estimate of drug-likeness (QED) is 0.174. The molecule has 0 saturated carbocycles. The molecule has 0 radical (unpaired) electrons. The molecular weight excluding hydrogens is 633 g/mol. The van der Waals surface area contributed by atoms with Crippen LogP contribution in [0.2, 0.25) is 0 Å². The Kier molecular flexibility index (Phi) is 5.12. The Morgan fingerprint density at radius 3 is 1.82 bits per heavy atom. The summed E-state index contributed by atoms with van der Waals surface area (Å²) in [4.78, 5) is 0. The van der Waals surface area contributed by atoms with Gasteiger partial charge in [0.1, 0.15) is 27.9 Å². The molecule has 4 aromatic heterocycles. The minimum atomic E-state index is 0.831. The van der Waals surface area contributed by atoms with E-state index in [4.69, 9.17) is 13.3 Å². The molecular formula is C46H24O3S. The van der Waals surface area contributed by atoms with Crippen LogP contribution >= 0.6 is 11.3 Å². The topological polar surface area (TPSA) is 39.4 Å². The monoisotopic (exact) mass is 656 g/mol. The van der Waals surface area contributed by atoms with Gasteiger partial charge in [0.25, 0.3) is 0 Å². The molecule has 0 bridgehead atoms. The fourth-order valence-corrected chi connectivity index (χ4v) is 9.51. The van der Waals surface area contributed by atoms with Crippen molar-refractivity contribution in [1.29, 1.82) is 0 Å². The number of hydrogen-bond acceptors (Lipinski definition) is 4. The Labute approximate surface area is 288 Å². The minimum Gasteiger partial charge on any atom is -0.464 e. The molecule has 4 heterocycles. The van der Waals surface area contributed by atoms with Crippen molar-refractivity contribution < 1.29 is 13.3 Å². The van der Waals surface area contributed by atoms with Gasteiger partial charge in [0.2, 0.25) is 0 Å². The van der Waals surface area contributed by atoms with E-state index in [9.17, 15) is 0 Å². The number of rotatable bonds is 2. The van der Waals surface area contributed by atoms with Crippen LogP contribution in [0.15, 0.2) is 159 Å². The normalized spacial score (nSPS) is 12.4. The summed E-state index contributed by atoms with van der Waals surface area (Å²) in [5.74, 6) is 0. The minimum absolute atomic E-state index is 0.831. The summed E-state index contributed by atoms with van der Waals surface area (Å²) in [5.41, 5.74) is 9.21. The second kappa shape index (κ2) is 9.63. The molecule has 0 spiro atoms. The molecule has 0 aliphatic rings. The average molecular weight is 657 g/mol. The van der Waals surface area contributed by atoms with Gasteiger partial charge >= 0.3 is 0 Å². The van der Waals surface area contributed by atoms with E-state index in [1.807, 2.05) is 29.5 Å². The first kappa shape index (κ1) is 26.6. The largest absolute Gasteiger partial charge is 0.464 e. The van der Waals surface area contributed by atoms with Crippen LogP contribution in [0.25, 0.3) is 119 Å². The Morgan fingerprint density at radius 1 is 0.380 bits per heavy atom. The maximum Gasteiger partial charge on any atom is 0.139 e. The van der Waals surface area contributed by atoms with Crippen LogP contribution in [0.4, 0.5) is 0 Å². The standard InChI is InChI=1S/C46H24O3S/c1-3-11-31-29(9-1)44(26-16-17-28-35-22-34-27-8-5-6-14-37(27)48-40(34)23-41(35)49-39(28)21-26)30-10-2-4-12-32(30)45(31)33-13-7-15-42-46(33)36-20-25-18-19-47-38(25)24-43(36)50-42/h1-24H. The number of hydrogen-bond donors (Lipinski definition) is 0. The highest BCUT2D eigenvalue weighted by atomic mass is 32.1. The number of furan rings is 3.